The second-order valence-electron chi connectivity index (χ2n) is 6.30. The second kappa shape index (κ2) is 11.7. The predicted molar refractivity (Wildman–Crippen MR) is 115 cm³/mol. The van der Waals surface area contributed by atoms with E-state index in [2.05, 4.69) is 15.4 Å². The fourth-order valence-electron chi connectivity index (χ4n) is 2.56. The van der Waals surface area contributed by atoms with Crippen LogP contribution in [0.5, 0.6) is 0 Å². The minimum Gasteiger partial charge on any atom is -0.353 e. The van der Waals surface area contributed by atoms with Crippen LogP contribution in [-0.4, -0.2) is 51.4 Å². The molecule has 1 unspecified atom stereocenters. The molecule has 0 radical (unpaired) electrons. The molecule has 0 aliphatic rings. The van der Waals surface area contributed by atoms with Crippen LogP contribution in [0.3, 0.4) is 0 Å². The highest BCUT2D eigenvalue weighted by atomic mass is 32.2. The fourth-order valence-corrected chi connectivity index (χ4v) is 4.28. The molecule has 0 heterocycles. The van der Waals surface area contributed by atoms with Crippen molar-refractivity contribution in [3.8, 4) is 0 Å². The zero-order chi connectivity index (χ0) is 22.0. The summed E-state index contributed by atoms with van der Waals surface area (Å²) >= 11 is 1.49. The third kappa shape index (κ3) is 7.12. The summed E-state index contributed by atoms with van der Waals surface area (Å²) in [6, 6.07) is 12.4. The van der Waals surface area contributed by atoms with Crippen LogP contribution in [0.2, 0.25) is 0 Å². The Balaban J connectivity index is 1.90. The quantitative estimate of drug-likeness (QED) is 0.450. The molecule has 2 aromatic carbocycles. The number of hydrogen-bond acceptors (Lipinski definition) is 5. The third-order valence-corrected chi connectivity index (χ3v) is 6.24. The standard InChI is InChI=1S/C20H24FN3O4S2/c1-29-14-11-18(24-30(27,28)15-7-3-2-4-8-15)20(26)23-13-12-22-19(25)16-9-5-6-10-17(16)21/h2-10,18,24H,11-14H2,1H3,(H,22,25)(H,23,26). The number of nitrogens with one attached hydrogen (secondary N) is 3. The van der Waals surface area contributed by atoms with Gasteiger partial charge in [-0.3, -0.25) is 9.59 Å². The molecule has 0 fully saturated rings. The van der Waals surface area contributed by atoms with Gasteiger partial charge in [-0.25, -0.2) is 12.8 Å². The Morgan fingerprint density at radius 1 is 1.00 bits per heavy atom. The van der Waals surface area contributed by atoms with Crippen LogP contribution in [0, 0.1) is 5.82 Å². The van der Waals surface area contributed by atoms with E-state index in [0.29, 0.717) is 12.2 Å². The molecule has 1 atom stereocenters. The van der Waals surface area contributed by atoms with Gasteiger partial charge in [-0.05, 0) is 42.7 Å². The fraction of sp³-hybridized carbons (Fsp3) is 0.300. The van der Waals surface area contributed by atoms with Crippen molar-refractivity contribution in [2.45, 2.75) is 17.4 Å². The Morgan fingerprint density at radius 2 is 1.63 bits per heavy atom. The molecule has 7 nitrogen and oxygen atoms in total. The number of thioether (sulfide) groups is 1. The highest BCUT2D eigenvalue weighted by Crippen LogP contribution is 2.10. The molecule has 0 saturated heterocycles. The SMILES string of the molecule is CSCCC(NS(=O)(=O)c1ccccc1)C(=O)NCCNC(=O)c1ccccc1F. The lowest BCUT2D eigenvalue weighted by atomic mass is 10.2. The number of sulfonamides is 1. The molecule has 2 aromatic rings. The Morgan fingerprint density at radius 3 is 2.30 bits per heavy atom. The highest BCUT2D eigenvalue weighted by molar-refractivity contribution is 7.98. The molecule has 3 N–H and O–H groups in total. The van der Waals surface area contributed by atoms with Gasteiger partial charge in [-0.1, -0.05) is 30.3 Å². The lowest BCUT2D eigenvalue weighted by Gasteiger charge is -2.18. The smallest absolute Gasteiger partial charge is 0.254 e. The summed E-state index contributed by atoms with van der Waals surface area (Å²) in [7, 11) is -3.85. The number of hydrogen-bond donors (Lipinski definition) is 3. The number of benzene rings is 2. The average Bonchev–Trinajstić information content (AvgIpc) is 2.74. The molecule has 0 aromatic heterocycles. The van der Waals surface area contributed by atoms with E-state index in [9.17, 15) is 22.4 Å². The van der Waals surface area contributed by atoms with Crippen molar-refractivity contribution >= 4 is 33.6 Å². The van der Waals surface area contributed by atoms with Crippen molar-refractivity contribution in [2.75, 3.05) is 25.1 Å². The van der Waals surface area contributed by atoms with Gasteiger partial charge < -0.3 is 10.6 Å². The average molecular weight is 454 g/mol. The van der Waals surface area contributed by atoms with Gasteiger partial charge in [-0.15, -0.1) is 0 Å². The minimum atomic E-state index is -3.85. The molecular weight excluding hydrogens is 429 g/mol. The van der Waals surface area contributed by atoms with E-state index < -0.39 is 33.7 Å². The Hall–Kier alpha value is -2.43. The lowest BCUT2D eigenvalue weighted by molar-refractivity contribution is -0.122. The summed E-state index contributed by atoms with van der Waals surface area (Å²) in [5.74, 6) is -1.14. The maximum Gasteiger partial charge on any atom is 0.254 e. The Labute approximate surface area is 179 Å². The molecule has 0 spiro atoms. The molecule has 30 heavy (non-hydrogen) atoms. The summed E-state index contributed by atoms with van der Waals surface area (Å²) < 4.78 is 41.1. The summed E-state index contributed by atoms with van der Waals surface area (Å²) in [5, 5.41) is 5.12. The van der Waals surface area contributed by atoms with E-state index in [4.69, 9.17) is 0 Å². The van der Waals surface area contributed by atoms with E-state index in [1.54, 1.807) is 24.3 Å². The van der Waals surface area contributed by atoms with E-state index in [-0.39, 0.29) is 23.5 Å². The lowest BCUT2D eigenvalue weighted by Crippen LogP contribution is -2.48. The van der Waals surface area contributed by atoms with E-state index in [1.807, 2.05) is 6.26 Å². The van der Waals surface area contributed by atoms with Gasteiger partial charge in [0.15, 0.2) is 0 Å². The topological polar surface area (TPSA) is 104 Å². The van der Waals surface area contributed by atoms with Gasteiger partial charge in [0.25, 0.3) is 5.91 Å². The van der Waals surface area contributed by atoms with Crippen LogP contribution < -0.4 is 15.4 Å². The first-order valence-corrected chi connectivity index (χ1v) is 12.1. The number of carbonyl (C=O) groups is 2. The van der Waals surface area contributed by atoms with E-state index in [0.717, 1.165) is 0 Å². The first kappa shape index (κ1) is 23.8. The first-order chi connectivity index (χ1) is 14.3. The third-order valence-electron chi connectivity index (χ3n) is 4.11. The number of rotatable bonds is 11. The zero-order valence-corrected chi connectivity index (χ0v) is 18.1. The van der Waals surface area contributed by atoms with Crippen molar-refractivity contribution in [2.24, 2.45) is 0 Å². The van der Waals surface area contributed by atoms with Gasteiger partial charge in [0, 0.05) is 13.1 Å². The van der Waals surface area contributed by atoms with E-state index in [1.165, 1.54) is 42.1 Å². The number of amides is 2. The van der Waals surface area contributed by atoms with Crippen LogP contribution in [0.15, 0.2) is 59.5 Å². The van der Waals surface area contributed by atoms with Crippen molar-refractivity contribution in [3.63, 3.8) is 0 Å². The predicted octanol–water partition coefficient (Wildman–Crippen LogP) is 1.77. The van der Waals surface area contributed by atoms with Gasteiger partial charge in [-0.2, -0.15) is 16.5 Å². The Kier molecular flexibility index (Phi) is 9.28. The van der Waals surface area contributed by atoms with Crippen molar-refractivity contribution < 1.29 is 22.4 Å². The molecule has 162 valence electrons. The zero-order valence-electron chi connectivity index (χ0n) is 16.4. The molecule has 2 rings (SSSR count). The summed E-state index contributed by atoms with van der Waals surface area (Å²) in [6.07, 6.45) is 2.17. The maximum absolute atomic E-state index is 13.6. The minimum absolute atomic E-state index is 0.0690. The molecule has 0 bridgehead atoms. The first-order valence-electron chi connectivity index (χ1n) is 9.22. The normalized spacial score (nSPS) is 12.2. The summed E-state index contributed by atoms with van der Waals surface area (Å²) in [5.41, 5.74) is -0.0858. The molecule has 0 aliphatic carbocycles. The van der Waals surface area contributed by atoms with Crippen LogP contribution in [0.4, 0.5) is 4.39 Å². The maximum atomic E-state index is 13.6. The van der Waals surface area contributed by atoms with Gasteiger partial charge in [0.05, 0.1) is 10.5 Å². The summed E-state index contributed by atoms with van der Waals surface area (Å²) in [6.45, 7) is 0.140. The van der Waals surface area contributed by atoms with E-state index >= 15 is 0 Å². The summed E-state index contributed by atoms with van der Waals surface area (Å²) in [4.78, 5) is 24.6. The molecule has 0 aliphatic heterocycles. The van der Waals surface area contributed by atoms with Crippen LogP contribution in [0.1, 0.15) is 16.8 Å². The molecule has 0 saturated carbocycles. The molecule has 2 amide bonds. The van der Waals surface area contributed by atoms with Crippen molar-refractivity contribution in [1.82, 2.24) is 15.4 Å². The van der Waals surface area contributed by atoms with Gasteiger partial charge >= 0.3 is 0 Å². The van der Waals surface area contributed by atoms with Crippen molar-refractivity contribution in [1.29, 1.82) is 0 Å². The van der Waals surface area contributed by atoms with Gasteiger partial charge in [0.2, 0.25) is 15.9 Å². The van der Waals surface area contributed by atoms with Crippen LogP contribution >= 0.6 is 11.8 Å². The second-order valence-corrected chi connectivity index (χ2v) is 8.99. The highest BCUT2D eigenvalue weighted by Gasteiger charge is 2.25. The Bertz CT molecular complexity index is 956. The molecule has 10 heteroatoms. The van der Waals surface area contributed by atoms with Crippen LogP contribution in [0.25, 0.3) is 0 Å². The van der Waals surface area contributed by atoms with Gasteiger partial charge in [0.1, 0.15) is 11.9 Å². The molecular formula is C20H24FN3O4S2. The largest absolute Gasteiger partial charge is 0.353 e. The number of halogens is 1. The van der Waals surface area contributed by atoms with Crippen molar-refractivity contribution in [3.05, 3.63) is 66.0 Å². The monoisotopic (exact) mass is 453 g/mol. The number of carbonyl (C=O) groups excluding carboxylic acids is 2. The van der Waals surface area contributed by atoms with Crippen LogP contribution in [-0.2, 0) is 14.8 Å².